The summed E-state index contributed by atoms with van der Waals surface area (Å²) >= 11 is 0. The Bertz CT molecular complexity index is 551. The van der Waals surface area contributed by atoms with Gasteiger partial charge in [-0.15, -0.1) is 0 Å². The summed E-state index contributed by atoms with van der Waals surface area (Å²) in [5, 5.41) is 0. The maximum absolute atomic E-state index is 12.2. The molecule has 2 aromatic carbocycles. The molecule has 0 saturated carbocycles. The Hall–Kier alpha value is -1.61. The van der Waals surface area contributed by atoms with E-state index in [1.807, 2.05) is 55.5 Å². The highest BCUT2D eigenvalue weighted by Crippen LogP contribution is 2.17. The van der Waals surface area contributed by atoms with E-state index in [0.29, 0.717) is 11.4 Å². The fourth-order valence-electron chi connectivity index (χ4n) is 1.65. The van der Waals surface area contributed by atoms with Crippen molar-refractivity contribution >= 4 is 16.5 Å². The van der Waals surface area contributed by atoms with Gasteiger partial charge in [-0.1, -0.05) is 30.3 Å². The Morgan fingerprint density at radius 1 is 1.12 bits per heavy atom. The Labute approximate surface area is 104 Å². The van der Waals surface area contributed by atoms with Gasteiger partial charge in [0.25, 0.3) is 0 Å². The van der Waals surface area contributed by atoms with Gasteiger partial charge in [0.15, 0.2) is 0 Å². The molecule has 0 amide bonds. The Balaban J connectivity index is 2.20. The summed E-state index contributed by atoms with van der Waals surface area (Å²) in [6.45, 7) is 2.00. The van der Waals surface area contributed by atoms with Crippen LogP contribution in [0.25, 0.3) is 0 Å². The number of para-hydroxylation sites is 1. The number of hydrogen-bond donors (Lipinski definition) is 1. The number of nitrogen functional groups attached to an aromatic ring is 1. The average Bonchev–Trinajstić information content (AvgIpc) is 2.32. The summed E-state index contributed by atoms with van der Waals surface area (Å²) in [7, 11) is -1.03. The van der Waals surface area contributed by atoms with E-state index in [1.54, 1.807) is 0 Å². The van der Waals surface area contributed by atoms with Crippen molar-refractivity contribution in [2.45, 2.75) is 17.6 Å². The van der Waals surface area contributed by atoms with Crippen LogP contribution in [0.4, 0.5) is 5.69 Å². The van der Waals surface area contributed by atoms with E-state index < -0.39 is 10.8 Å². The van der Waals surface area contributed by atoms with Crippen molar-refractivity contribution in [1.29, 1.82) is 0 Å². The Morgan fingerprint density at radius 2 is 1.88 bits per heavy atom. The van der Waals surface area contributed by atoms with Crippen LogP contribution in [0.5, 0.6) is 0 Å². The number of hydrogen-bond acceptors (Lipinski definition) is 2. The van der Waals surface area contributed by atoms with Crippen molar-refractivity contribution in [2.75, 3.05) is 5.73 Å². The van der Waals surface area contributed by atoms with Crippen molar-refractivity contribution in [3.05, 3.63) is 59.7 Å². The molecule has 2 N–H and O–H groups in total. The standard InChI is InChI=1S/C14H15NOS/c1-11-5-4-7-13(9-11)17(16)10-12-6-2-3-8-14(12)15/h2-9H,10,15H2,1H3. The van der Waals surface area contributed by atoms with Crippen molar-refractivity contribution in [3.63, 3.8) is 0 Å². The molecule has 0 fully saturated rings. The largest absolute Gasteiger partial charge is 0.398 e. The number of rotatable bonds is 3. The second kappa shape index (κ2) is 5.15. The van der Waals surface area contributed by atoms with E-state index in [0.717, 1.165) is 16.0 Å². The van der Waals surface area contributed by atoms with Crippen LogP contribution in [0.2, 0.25) is 0 Å². The molecule has 1 atom stereocenters. The molecular weight excluding hydrogens is 230 g/mol. The molecule has 0 aliphatic heterocycles. The third-order valence-electron chi connectivity index (χ3n) is 2.59. The normalized spacial score (nSPS) is 12.3. The topological polar surface area (TPSA) is 43.1 Å². The average molecular weight is 245 g/mol. The van der Waals surface area contributed by atoms with Crippen LogP contribution in [-0.2, 0) is 16.6 Å². The molecule has 2 rings (SSSR count). The van der Waals surface area contributed by atoms with E-state index in [1.165, 1.54) is 0 Å². The lowest BCUT2D eigenvalue weighted by Gasteiger charge is -2.06. The van der Waals surface area contributed by atoms with Crippen LogP contribution in [-0.4, -0.2) is 4.21 Å². The van der Waals surface area contributed by atoms with E-state index >= 15 is 0 Å². The predicted octanol–water partition coefficient (Wildman–Crippen LogP) is 2.89. The molecule has 3 heteroatoms. The first-order valence-corrected chi connectivity index (χ1v) is 6.77. The van der Waals surface area contributed by atoms with E-state index in [9.17, 15) is 4.21 Å². The van der Waals surface area contributed by atoms with E-state index in [2.05, 4.69) is 0 Å². The molecule has 1 unspecified atom stereocenters. The summed E-state index contributed by atoms with van der Waals surface area (Å²) in [5.74, 6) is 0.468. The van der Waals surface area contributed by atoms with Gasteiger partial charge in [0.05, 0.1) is 16.6 Å². The first kappa shape index (κ1) is 11.9. The quantitative estimate of drug-likeness (QED) is 0.845. The fourth-order valence-corrected chi connectivity index (χ4v) is 2.91. The lowest BCUT2D eigenvalue weighted by molar-refractivity contribution is 0.682. The summed E-state index contributed by atoms with van der Waals surface area (Å²) < 4.78 is 12.2. The minimum atomic E-state index is -1.03. The molecule has 2 aromatic rings. The van der Waals surface area contributed by atoms with Gasteiger partial charge >= 0.3 is 0 Å². The van der Waals surface area contributed by atoms with Crippen LogP contribution < -0.4 is 5.73 Å². The lowest BCUT2D eigenvalue weighted by Crippen LogP contribution is -2.00. The zero-order chi connectivity index (χ0) is 12.3. The predicted molar refractivity (Wildman–Crippen MR) is 72.1 cm³/mol. The van der Waals surface area contributed by atoms with E-state index in [-0.39, 0.29) is 0 Å². The molecule has 2 nitrogen and oxygen atoms in total. The summed E-state index contributed by atoms with van der Waals surface area (Å²) in [5.41, 5.74) is 8.60. The molecule has 0 saturated heterocycles. The molecule has 0 aliphatic rings. The zero-order valence-corrected chi connectivity index (χ0v) is 10.5. The maximum atomic E-state index is 12.2. The minimum absolute atomic E-state index is 0.468. The highest BCUT2D eigenvalue weighted by Gasteiger charge is 2.07. The first-order valence-electron chi connectivity index (χ1n) is 5.45. The Kier molecular flexibility index (Phi) is 3.59. The molecule has 0 heterocycles. The van der Waals surface area contributed by atoms with Gasteiger partial charge in [-0.2, -0.15) is 0 Å². The molecule has 0 aliphatic carbocycles. The van der Waals surface area contributed by atoms with Gasteiger partial charge in [-0.25, -0.2) is 0 Å². The van der Waals surface area contributed by atoms with Crippen LogP contribution in [0.15, 0.2) is 53.4 Å². The second-order valence-corrected chi connectivity index (χ2v) is 5.46. The molecule has 88 valence electrons. The summed E-state index contributed by atoms with van der Waals surface area (Å²) in [6.07, 6.45) is 0. The molecular formula is C14H15NOS. The third kappa shape index (κ3) is 2.94. The van der Waals surface area contributed by atoms with Gasteiger partial charge in [-0.3, -0.25) is 4.21 Å². The maximum Gasteiger partial charge on any atom is 0.0575 e. The van der Waals surface area contributed by atoms with Crippen molar-refractivity contribution < 1.29 is 4.21 Å². The van der Waals surface area contributed by atoms with Crippen LogP contribution in [0.1, 0.15) is 11.1 Å². The SMILES string of the molecule is Cc1cccc(S(=O)Cc2ccccc2N)c1. The molecule has 0 aromatic heterocycles. The third-order valence-corrected chi connectivity index (χ3v) is 3.95. The molecule has 0 radical (unpaired) electrons. The fraction of sp³-hybridized carbons (Fsp3) is 0.143. The summed E-state index contributed by atoms with van der Waals surface area (Å²) in [6, 6.07) is 15.3. The molecule has 0 spiro atoms. The first-order chi connectivity index (χ1) is 8.16. The van der Waals surface area contributed by atoms with Gasteiger partial charge in [0, 0.05) is 10.6 Å². The smallest absolute Gasteiger partial charge is 0.0575 e. The van der Waals surface area contributed by atoms with Crippen molar-refractivity contribution in [3.8, 4) is 0 Å². The number of nitrogens with two attached hydrogens (primary N) is 1. The molecule has 17 heavy (non-hydrogen) atoms. The Morgan fingerprint density at radius 3 is 2.59 bits per heavy atom. The van der Waals surface area contributed by atoms with Gasteiger partial charge in [0.2, 0.25) is 0 Å². The number of anilines is 1. The highest BCUT2D eigenvalue weighted by molar-refractivity contribution is 7.84. The zero-order valence-electron chi connectivity index (χ0n) is 9.72. The van der Waals surface area contributed by atoms with Crippen molar-refractivity contribution in [1.82, 2.24) is 0 Å². The highest BCUT2D eigenvalue weighted by atomic mass is 32.2. The monoisotopic (exact) mass is 245 g/mol. The number of benzene rings is 2. The van der Waals surface area contributed by atoms with Crippen molar-refractivity contribution in [2.24, 2.45) is 0 Å². The van der Waals surface area contributed by atoms with Gasteiger partial charge in [0.1, 0.15) is 0 Å². The summed E-state index contributed by atoms with van der Waals surface area (Å²) in [4.78, 5) is 0.855. The number of aryl methyl sites for hydroxylation is 1. The van der Waals surface area contributed by atoms with Crippen LogP contribution in [0, 0.1) is 6.92 Å². The minimum Gasteiger partial charge on any atom is -0.398 e. The van der Waals surface area contributed by atoms with Gasteiger partial charge < -0.3 is 5.73 Å². The second-order valence-electron chi connectivity index (χ2n) is 4.01. The van der Waals surface area contributed by atoms with E-state index in [4.69, 9.17) is 5.73 Å². The van der Waals surface area contributed by atoms with Gasteiger partial charge in [-0.05, 0) is 36.2 Å². The molecule has 0 bridgehead atoms. The van der Waals surface area contributed by atoms with Crippen LogP contribution >= 0.6 is 0 Å². The lowest BCUT2D eigenvalue weighted by atomic mass is 10.2. The van der Waals surface area contributed by atoms with Crippen LogP contribution in [0.3, 0.4) is 0 Å².